The maximum Gasteiger partial charge on any atom is 0.260 e. The van der Waals surface area contributed by atoms with Crippen LogP contribution in [-0.2, 0) is 0 Å². The Labute approximate surface area is 176 Å². The number of para-hydroxylation sites is 1. The Morgan fingerprint density at radius 2 is 1.70 bits per heavy atom. The van der Waals surface area contributed by atoms with Gasteiger partial charge < -0.3 is 20.9 Å². The molecule has 0 unspecified atom stereocenters. The van der Waals surface area contributed by atoms with Crippen LogP contribution in [-0.4, -0.2) is 42.1 Å². The fraction of sp³-hybridized carbons (Fsp3) is 0.261. The van der Waals surface area contributed by atoms with Crippen LogP contribution in [0.3, 0.4) is 0 Å². The van der Waals surface area contributed by atoms with Crippen LogP contribution in [0, 0.1) is 13.8 Å². The van der Waals surface area contributed by atoms with Gasteiger partial charge in [-0.3, -0.25) is 4.79 Å². The number of aryl methyl sites for hydroxylation is 2. The second-order valence-corrected chi connectivity index (χ2v) is 7.55. The fourth-order valence-corrected chi connectivity index (χ4v) is 3.74. The normalized spacial score (nSPS) is 13.9. The summed E-state index contributed by atoms with van der Waals surface area (Å²) < 4.78 is 0. The van der Waals surface area contributed by atoms with Crippen molar-refractivity contribution in [1.82, 2.24) is 9.97 Å². The summed E-state index contributed by atoms with van der Waals surface area (Å²) in [5, 5.41) is 2.81. The van der Waals surface area contributed by atoms with E-state index in [4.69, 9.17) is 5.73 Å². The molecule has 4 rings (SSSR count). The minimum Gasteiger partial charge on any atom is -0.383 e. The molecule has 0 spiro atoms. The molecule has 2 aromatic carbocycles. The first-order chi connectivity index (χ1) is 14.5. The van der Waals surface area contributed by atoms with E-state index < -0.39 is 0 Å². The molecule has 7 heteroatoms. The lowest BCUT2D eigenvalue weighted by Gasteiger charge is -2.37. The van der Waals surface area contributed by atoms with Crippen molar-refractivity contribution in [3.8, 4) is 0 Å². The maximum atomic E-state index is 12.5. The van der Waals surface area contributed by atoms with Crippen LogP contribution in [0.2, 0.25) is 0 Å². The standard InChI is InChI=1S/C23H26N6O/c1-16-8-9-20(17(2)14-16)28-10-12-29(13-11-28)23-25-15-19(21(24)27-23)22(30)26-18-6-4-3-5-7-18/h3-9,14-15H,10-13H2,1-2H3,(H,26,30)(H2,24,25,27). The number of nitrogens with two attached hydrogens (primary N) is 1. The van der Waals surface area contributed by atoms with E-state index in [9.17, 15) is 4.79 Å². The van der Waals surface area contributed by atoms with Gasteiger partial charge in [-0.25, -0.2) is 4.98 Å². The summed E-state index contributed by atoms with van der Waals surface area (Å²) in [5.41, 5.74) is 10.9. The van der Waals surface area contributed by atoms with Crippen molar-refractivity contribution in [2.75, 3.05) is 47.0 Å². The average Bonchev–Trinajstić information content (AvgIpc) is 2.74. The maximum absolute atomic E-state index is 12.5. The van der Waals surface area contributed by atoms with Crippen molar-refractivity contribution < 1.29 is 4.79 Å². The molecule has 7 nitrogen and oxygen atoms in total. The predicted molar refractivity (Wildman–Crippen MR) is 121 cm³/mol. The van der Waals surface area contributed by atoms with E-state index in [-0.39, 0.29) is 17.3 Å². The van der Waals surface area contributed by atoms with Gasteiger partial charge >= 0.3 is 0 Å². The van der Waals surface area contributed by atoms with Crippen molar-refractivity contribution in [3.63, 3.8) is 0 Å². The smallest absolute Gasteiger partial charge is 0.260 e. The molecule has 1 aromatic heterocycles. The third-order valence-corrected chi connectivity index (χ3v) is 5.34. The van der Waals surface area contributed by atoms with Crippen molar-refractivity contribution in [1.29, 1.82) is 0 Å². The second-order valence-electron chi connectivity index (χ2n) is 7.55. The molecule has 0 atom stereocenters. The molecule has 1 aliphatic heterocycles. The Bertz CT molecular complexity index is 1040. The molecule has 0 saturated carbocycles. The van der Waals surface area contributed by atoms with E-state index in [0.717, 1.165) is 26.2 Å². The number of rotatable bonds is 4. The van der Waals surface area contributed by atoms with Crippen molar-refractivity contribution in [2.24, 2.45) is 0 Å². The zero-order valence-electron chi connectivity index (χ0n) is 17.3. The third kappa shape index (κ3) is 4.20. The Hall–Kier alpha value is -3.61. The van der Waals surface area contributed by atoms with Crippen LogP contribution >= 0.6 is 0 Å². The monoisotopic (exact) mass is 402 g/mol. The lowest BCUT2D eigenvalue weighted by molar-refractivity contribution is 0.102. The summed E-state index contributed by atoms with van der Waals surface area (Å²) in [5.74, 6) is 0.430. The Kier molecular flexibility index (Phi) is 5.52. The van der Waals surface area contributed by atoms with Gasteiger partial charge in [0.15, 0.2) is 0 Å². The topological polar surface area (TPSA) is 87.4 Å². The zero-order chi connectivity index (χ0) is 21.1. The van der Waals surface area contributed by atoms with Crippen LogP contribution in [0.15, 0.2) is 54.7 Å². The minimum absolute atomic E-state index is 0.185. The SMILES string of the molecule is Cc1ccc(N2CCN(c3ncc(C(=O)Nc4ccccc4)c(N)n3)CC2)c(C)c1. The first kappa shape index (κ1) is 19.7. The molecule has 2 heterocycles. The predicted octanol–water partition coefficient (Wildman–Crippen LogP) is 3.25. The number of piperazine rings is 1. The van der Waals surface area contributed by atoms with Gasteiger partial charge in [0.2, 0.25) is 5.95 Å². The van der Waals surface area contributed by atoms with Gasteiger partial charge in [-0.1, -0.05) is 35.9 Å². The van der Waals surface area contributed by atoms with Crippen molar-refractivity contribution >= 4 is 29.0 Å². The van der Waals surface area contributed by atoms with Gasteiger partial charge in [0.1, 0.15) is 11.4 Å². The number of hydrogen-bond donors (Lipinski definition) is 2. The number of amides is 1. The Balaban J connectivity index is 1.42. The van der Waals surface area contributed by atoms with Crippen LogP contribution in [0.1, 0.15) is 21.5 Å². The molecule has 154 valence electrons. The fourth-order valence-electron chi connectivity index (χ4n) is 3.74. The summed E-state index contributed by atoms with van der Waals surface area (Å²) >= 11 is 0. The second kappa shape index (κ2) is 8.41. The van der Waals surface area contributed by atoms with Crippen LogP contribution in [0.25, 0.3) is 0 Å². The van der Waals surface area contributed by atoms with Crippen LogP contribution in [0.5, 0.6) is 0 Å². The van der Waals surface area contributed by atoms with E-state index in [1.807, 2.05) is 30.3 Å². The molecule has 0 bridgehead atoms. The number of nitrogens with one attached hydrogen (secondary N) is 1. The zero-order valence-corrected chi connectivity index (χ0v) is 17.3. The quantitative estimate of drug-likeness (QED) is 0.697. The molecule has 30 heavy (non-hydrogen) atoms. The molecular formula is C23H26N6O. The van der Waals surface area contributed by atoms with Gasteiger partial charge in [-0.05, 0) is 37.6 Å². The van der Waals surface area contributed by atoms with Gasteiger partial charge in [0, 0.05) is 43.8 Å². The van der Waals surface area contributed by atoms with Gasteiger partial charge in [-0.15, -0.1) is 0 Å². The molecule has 3 N–H and O–H groups in total. The molecule has 1 saturated heterocycles. The summed E-state index contributed by atoms with van der Waals surface area (Å²) in [6.07, 6.45) is 1.51. The number of anilines is 4. The molecule has 1 fully saturated rings. The number of carbonyl (C=O) groups is 1. The summed E-state index contributed by atoms with van der Waals surface area (Å²) in [7, 11) is 0. The Morgan fingerprint density at radius 3 is 2.37 bits per heavy atom. The first-order valence-corrected chi connectivity index (χ1v) is 10.1. The highest BCUT2D eigenvalue weighted by Gasteiger charge is 2.22. The number of benzene rings is 2. The van der Waals surface area contributed by atoms with E-state index >= 15 is 0 Å². The molecule has 0 radical (unpaired) electrons. The first-order valence-electron chi connectivity index (χ1n) is 10.1. The number of carbonyl (C=O) groups excluding carboxylic acids is 1. The number of nitrogens with zero attached hydrogens (tertiary/aromatic N) is 4. The largest absolute Gasteiger partial charge is 0.383 e. The minimum atomic E-state index is -0.315. The summed E-state index contributed by atoms with van der Waals surface area (Å²) in [6, 6.07) is 15.8. The molecule has 3 aromatic rings. The molecule has 1 amide bonds. The van der Waals surface area contributed by atoms with Crippen molar-refractivity contribution in [2.45, 2.75) is 13.8 Å². The number of nitrogen functional groups attached to an aromatic ring is 1. The van der Waals surface area contributed by atoms with Gasteiger partial charge in [-0.2, -0.15) is 4.98 Å². The van der Waals surface area contributed by atoms with Crippen LogP contribution < -0.4 is 20.9 Å². The lowest BCUT2D eigenvalue weighted by Crippen LogP contribution is -2.47. The molecular weight excluding hydrogens is 376 g/mol. The van der Waals surface area contributed by atoms with Gasteiger partial charge in [0.05, 0.1) is 0 Å². The summed E-state index contributed by atoms with van der Waals surface area (Å²) in [4.78, 5) is 25.8. The number of aromatic nitrogens is 2. The lowest BCUT2D eigenvalue weighted by atomic mass is 10.1. The third-order valence-electron chi connectivity index (χ3n) is 5.34. The number of hydrogen-bond acceptors (Lipinski definition) is 6. The van der Waals surface area contributed by atoms with E-state index in [0.29, 0.717) is 11.6 Å². The van der Waals surface area contributed by atoms with E-state index in [1.165, 1.54) is 23.0 Å². The summed E-state index contributed by atoms with van der Waals surface area (Å²) in [6.45, 7) is 7.61. The molecule has 1 aliphatic rings. The highest BCUT2D eigenvalue weighted by Crippen LogP contribution is 2.24. The van der Waals surface area contributed by atoms with Crippen LogP contribution in [0.4, 0.5) is 23.1 Å². The highest BCUT2D eigenvalue weighted by molar-refractivity contribution is 6.07. The Morgan fingerprint density at radius 1 is 1.00 bits per heavy atom. The highest BCUT2D eigenvalue weighted by atomic mass is 16.1. The van der Waals surface area contributed by atoms with Gasteiger partial charge in [0.25, 0.3) is 5.91 Å². The van der Waals surface area contributed by atoms with Crippen molar-refractivity contribution in [3.05, 3.63) is 71.4 Å². The van der Waals surface area contributed by atoms with E-state index in [1.54, 1.807) is 0 Å². The van der Waals surface area contributed by atoms with E-state index in [2.05, 4.69) is 57.1 Å². The average molecular weight is 403 g/mol. The molecule has 0 aliphatic carbocycles.